The van der Waals surface area contributed by atoms with Gasteiger partial charge in [-0.05, 0) is 50.4 Å². The van der Waals surface area contributed by atoms with Crippen molar-refractivity contribution < 1.29 is 34.0 Å². The Hall–Kier alpha value is -1.18. The van der Waals surface area contributed by atoms with Crippen LogP contribution in [0.5, 0.6) is 0 Å². The Labute approximate surface area is 185 Å². The number of carbonyl (C=O) groups is 2. The zero-order chi connectivity index (χ0) is 23.1. The van der Waals surface area contributed by atoms with Crippen LogP contribution >= 0.6 is 0 Å². The van der Waals surface area contributed by atoms with Crippen LogP contribution in [0.1, 0.15) is 79.6 Å². The van der Waals surface area contributed by atoms with E-state index >= 15 is 0 Å². The molecule has 31 heavy (non-hydrogen) atoms. The van der Waals surface area contributed by atoms with Gasteiger partial charge in [-0.1, -0.05) is 20.8 Å². The van der Waals surface area contributed by atoms with Gasteiger partial charge in [0.25, 0.3) is 0 Å². The zero-order valence-corrected chi connectivity index (χ0v) is 19.7. The molecule has 7 nitrogen and oxygen atoms in total. The fraction of sp³-hybridized carbons (Fsp3) is 0.917. The standard InChI is InChI=1S/C24H40O7/c1-16-6-7-19-21(4,15-29-17(2)27)20(30-18(3)28)8-9-22(19,5)24(16)11-10-23(14-26,31-24)12-13-25/h16,19-20,25-26H,6-15H2,1-5H3. The predicted molar refractivity (Wildman–Crippen MR) is 114 cm³/mol. The van der Waals surface area contributed by atoms with Gasteiger partial charge in [0.15, 0.2) is 0 Å². The molecule has 0 amide bonds. The molecule has 1 spiro atoms. The van der Waals surface area contributed by atoms with Crippen molar-refractivity contribution in [2.75, 3.05) is 19.8 Å². The van der Waals surface area contributed by atoms with E-state index in [4.69, 9.17) is 14.2 Å². The Morgan fingerprint density at radius 3 is 2.32 bits per heavy atom. The first-order valence-corrected chi connectivity index (χ1v) is 11.7. The van der Waals surface area contributed by atoms with E-state index in [1.165, 1.54) is 13.8 Å². The average Bonchev–Trinajstić information content (AvgIpc) is 3.09. The third kappa shape index (κ3) is 3.91. The van der Waals surface area contributed by atoms with Crippen LogP contribution in [0.2, 0.25) is 0 Å². The molecule has 2 aliphatic carbocycles. The molecule has 3 fully saturated rings. The van der Waals surface area contributed by atoms with E-state index in [1.807, 2.05) is 0 Å². The van der Waals surface area contributed by atoms with Gasteiger partial charge in [0, 0.05) is 37.7 Å². The normalized spacial score (nSPS) is 44.7. The summed E-state index contributed by atoms with van der Waals surface area (Å²) in [6, 6.07) is 0. The molecule has 2 N–H and O–H groups in total. The van der Waals surface area contributed by atoms with Crippen LogP contribution in [0.4, 0.5) is 0 Å². The van der Waals surface area contributed by atoms with Crippen molar-refractivity contribution in [3.05, 3.63) is 0 Å². The molecular formula is C24H40O7. The lowest BCUT2D eigenvalue weighted by molar-refractivity contribution is -0.274. The average molecular weight is 441 g/mol. The summed E-state index contributed by atoms with van der Waals surface area (Å²) >= 11 is 0. The SMILES string of the molecule is CC(=O)OCC1(C)C(OC(C)=O)CCC2(C)C1CCC(C)C21CCC(CO)(CCO)O1. The van der Waals surface area contributed by atoms with E-state index in [-0.39, 0.29) is 49.2 Å². The highest BCUT2D eigenvalue weighted by atomic mass is 16.6. The molecule has 178 valence electrons. The molecule has 2 saturated carbocycles. The van der Waals surface area contributed by atoms with Crippen molar-refractivity contribution in [1.82, 2.24) is 0 Å². The molecule has 0 aromatic carbocycles. The van der Waals surface area contributed by atoms with Gasteiger partial charge in [0.2, 0.25) is 0 Å². The van der Waals surface area contributed by atoms with Gasteiger partial charge >= 0.3 is 11.9 Å². The lowest BCUT2D eigenvalue weighted by Crippen LogP contribution is -2.67. The molecule has 0 radical (unpaired) electrons. The van der Waals surface area contributed by atoms with Crippen molar-refractivity contribution in [1.29, 1.82) is 0 Å². The van der Waals surface area contributed by atoms with Crippen LogP contribution in [0.3, 0.4) is 0 Å². The molecule has 7 atom stereocenters. The summed E-state index contributed by atoms with van der Waals surface area (Å²) in [6.45, 7) is 9.49. The quantitative estimate of drug-likeness (QED) is 0.612. The molecule has 3 rings (SSSR count). The number of hydrogen-bond acceptors (Lipinski definition) is 7. The minimum atomic E-state index is -0.715. The van der Waals surface area contributed by atoms with Crippen molar-refractivity contribution >= 4 is 11.9 Å². The van der Waals surface area contributed by atoms with Crippen LogP contribution < -0.4 is 0 Å². The minimum Gasteiger partial charge on any atom is -0.465 e. The van der Waals surface area contributed by atoms with Crippen LogP contribution in [0.15, 0.2) is 0 Å². The molecule has 1 saturated heterocycles. The number of aliphatic hydroxyl groups excluding tert-OH is 2. The fourth-order valence-corrected chi connectivity index (χ4v) is 7.32. The maximum absolute atomic E-state index is 11.9. The van der Waals surface area contributed by atoms with E-state index in [0.717, 1.165) is 25.7 Å². The topological polar surface area (TPSA) is 102 Å². The molecule has 1 aliphatic heterocycles. The summed E-state index contributed by atoms with van der Waals surface area (Å²) in [6.07, 6.45) is 5.01. The first-order chi connectivity index (χ1) is 14.5. The smallest absolute Gasteiger partial charge is 0.302 e. The van der Waals surface area contributed by atoms with Gasteiger partial charge in [-0.3, -0.25) is 9.59 Å². The van der Waals surface area contributed by atoms with Gasteiger partial charge in [0.05, 0.1) is 17.8 Å². The molecule has 0 bridgehead atoms. The van der Waals surface area contributed by atoms with Crippen LogP contribution in [-0.4, -0.2) is 59.3 Å². The van der Waals surface area contributed by atoms with Crippen LogP contribution in [-0.2, 0) is 23.8 Å². The monoisotopic (exact) mass is 440 g/mol. The van der Waals surface area contributed by atoms with Crippen LogP contribution in [0.25, 0.3) is 0 Å². The van der Waals surface area contributed by atoms with Crippen molar-refractivity contribution in [3.8, 4) is 0 Å². The molecule has 7 unspecified atom stereocenters. The summed E-state index contributed by atoms with van der Waals surface area (Å²) in [7, 11) is 0. The zero-order valence-electron chi connectivity index (χ0n) is 19.7. The van der Waals surface area contributed by atoms with Gasteiger partial charge in [-0.15, -0.1) is 0 Å². The number of rotatable bonds is 6. The lowest BCUT2D eigenvalue weighted by Gasteiger charge is -2.65. The lowest BCUT2D eigenvalue weighted by atomic mass is 9.43. The Morgan fingerprint density at radius 1 is 1.03 bits per heavy atom. The second-order valence-corrected chi connectivity index (χ2v) is 10.7. The second kappa shape index (κ2) is 8.64. The third-order valence-corrected chi connectivity index (χ3v) is 8.98. The highest BCUT2D eigenvalue weighted by Crippen LogP contribution is 2.68. The fourth-order valence-electron chi connectivity index (χ4n) is 7.32. The minimum absolute atomic E-state index is 0.0240. The first-order valence-electron chi connectivity index (χ1n) is 11.7. The van der Waals surface area contributed by atoms with Crippen LogP contribution in [0, 0.1) is 22.7 Å². The van der Waals surface area contributed by atoms with Crippen molar-refractivity contribution in [2.45, 2.75) is 96.9 Å². The Bertz CT molecular complexity index is 695. The number of carbonyl (C=O) groups excluding carboxylic acids is 2. The van der Waals surface area contributed by atoms with E-state index in [9.17, 15) is 19.8 Å². The second-order valence-electron chi connectivity index (χ2n) is 10.7. The van der Waals surface area contributed by atoms with E-state index in [0.29, 0.717) is 25.2 Å². The number of ether oxygens (including phenoxy) is 3. The Morgan fingerprint density at radius 2 is 1.74 bits per heavy atom. The first kappa shape index (κ1) is 24.5. The van der Waals surface area contributed by atoms with Gasteiger partial charge < -0.3 is 24.4 Å². The summed E-state index contributed by atoms with van der Waals surface area (Å²) in [5.41, 5.74) is -1.91. The number of fused-ring (bicyclic) bond motifs is 2. The maximum Gasteiger partial charge on any atom is 0.302 e. The van der Waals surface area contributed by atoms with E-state index in [1.54, 1.807) is 0 Å². The number of hydrogen-bond donors (Lipinski definition) is 2. The summed E-state index contributed by atoms with van der Waals surface area (Å²) < 4.78 is 18.2. The summed E-state index contributed by atoms with van der Waals surface area (Å²) in [4.78, 5) is 23.6. The maximum atomic E-state index is 11.9. The highest BCUT2D eigenvalue weighted by molar-refractivity contribution is 5.66. The molecule has 3 aliphatic rings. The molecule has 1 heterocycles. The summed E-state index contributed by atoms with van der Waals surface area (Å²) in [5, 5.41) is 19.8. The van der Waals surface area contributed by atoms with Gasteiger partial charge in [-0.2, -0.15) is 0 Å². The molecule has 0 aromatic rings. The number of aliphatic hydroxyl groups is 2. The Balaban J connectivity index is 2.02. The molecule has 0 aromatic heterocycles. The van der Waals surface area contributed by atoms with E-state index < -0.39 is 16.6 Å². The third-order valence-electron chi connectivity index (χ3n) is 8.98. The predicted octanol–water partition coefficient (Wildman–Crippen LogP) is 3.00. The molecular weight excluding hydrogens is 400 g/mol. The largest absolute Gasteiger partial charge is 0.465 e. The van der Waals surface area contributed by atoms with Gasteiger partial charge in [0.1, 0.15) is 12.7 Å². The molecule has 7 heteroatoms. The van der Waals surface area contributed by atoms with Gasteiger partial charge in [-0.25, -0.2) is 0 Å². The highest BCUT2D eigenvalue weighted by Gasteiger charge is 2.69. The van der Waals surface area contributed by atoms with E-state index in [2.05, 4.69) is 20.8 Å². The summed E-state index contributed by atoms with van der Waals surface area (Å²) in [5.74, 6) is -0.240. The number of esters is 2. The van der Waals surface area contributed by atoms with Crippen molar-refractivity contribution in [2.24, 2.45) is 22.7 Å². The van der Waals surface area contributed by atoms with Crippen molar-refractivity contribution in [3.63, 3.8) is 0 Å². The Kier molecular flexibility index (Phi) is 6.82.